The van der Waals surface area contributed by atoms with Crippen LogP contribution >= 0.6 is 7.59 Å². The molecule has 0 bridgehead atoms. The number of benzene rings is 1. The first-order valence-electron chi connectivity index (χ1n) is 4.15. The lowest BCUT2D eigenvalue weighted by Gasteiger charge is -2.08. The molecule has 1 aromatic rings. The van der Waals surface area contributed by atoms with Crippen molar-refractivity contribution >= 4 is 13.3 Å². The molecule has 0 saturated carbocycles. The van der Waals surface area contributed by atoms with Gasteiger partial charge in [-0.1, -0.05) is 0 Å². The molecule has 0 amide bonds. The van der Waals surface area contributed by atoms with Crippen LogP contribution in [0.2, 0.25) is 0 Å². The summed E-state index contributed by atoms with van der Waals surface area (Å²) in [5.74, 6) is -0.782. The van der Waals surface area contributed by atoms with Crippen LogP contribution in [0.25, 0.3) is 0 Å². The highest BCUT2D eigenvalue weighted by atomic mass is 31.2. The number of nitrogens with one attached hydrogen (secondary N) is 1. The molecule has 0 atom stereocenters. The second kappa shape index (κ2) is 4.67. The normalized spacial score (nSPS) is 11.4. The number of nitro groups is 1. The van der Waals surface area contributed by atoms with Crippen LogP contribution in [-0.2, 0) is 11.1 Å². The Morgan fingerprint density at radius 1 is 1.50 bits per heavy atom. The van der Waals surface area contributed by atoms with Crippen molar-refractivity contribution in [2.75, 3.05) is 0 Å². The zero-order chi connectivity index (χ0) is 12.3. The second-order valence-electron chi connectivity index (χ2n) is 3.08. The fraction of sp³-hybridized carbons (Fsp3) is 0.143. The fourth-order valence-electron chi connectivity index (χ4n) is 1.00. The summed E-state index contributed by atoms with van der Waals surface area (Å²) >= 11 is 0. The average Bonchev–Trinajstić information content (AvgIpc) is 2.14. The van der Waals surface area contributed by atoms with E-state index in [0.29, 0.717) is 0 Å². The number of rotatable bonds is 4. The van der Waals surface area contributed by atoms with Crippen LogP contribution in [0.4, 0.5) is 10.1 Å². The smallest absolute Gasteiger partial charge is 0.271 e. The lowest BCUT2D eigenvalue weighted by Crippen LogP contribution is -2.22. The Bertz CT molecular complexity index is 461. The molecule has 9 heteroatoms. The molecule has 16 heavy (non-hydrogen) atoms. The van der Waals surface area contributed by atoms with E-state index in [1.807, 2.05) is 0 Å². The third kappa shape index (κ3) is 3.67. The third-order valence-corrected chi connectivity index (χ3v) is 2.42. The molecule has 0 saturated heterocycles. The van der Waals surface area contributed by atoms with Crippen molar-refractivity contribution in [1.29, 1.82) is 0 Å². The summed E-state index contributed by atoms with van der Waals surface area (Å²) in [4.78, 5) is 9.61. The summed E-state index contributed by atoms with van der Waals surface area (Å²) in [5, 5.41) is 12.5. The van der Waals surface area contributed by atoms with Crippen molar-refractivity contribution in [3.05, 3.63) is 39.7 Å². The van der Waals surface area contributed by atoms with Gasteiger partial charge in [0, 0.05) is 18.2 Å². The predicted octanol–water partition coefficient (Wildman–Crippen LogP) is 0.849. The first-order valence-corrected chi connectivity index (χ1v) is 5.99. The monoisotopic (exact) mass is 248 g/mol. The maximum absolute atomic E-state index is 13.3. The maximum atomic E-state index is 13.3. The van der Waals surface area contributed by atoms with Gasteiger partial charge in [-0.15, -0.1) is 0 Å². The predicted molar refractivity (Wildman–Crippen MR) is 55.9 cm³/mol. The Morgan fingerprint density at radius 2 is 2.12 bits per heavy atom. The van der Waals surface area contributed by atoms with Gasteiger partial charge in [-0.05, 0) is 6.07 Å². The summed E-state index contributed by atoms with van der Waals surface area (Å²) in [7, 11) is -3.43. The summed E-state index contributed by atoms with van der Waals surface area (Å²) < 4.78 is 24.2. The Balaban J connectivity index is 2.84. The van der Waals surface area contributed by atoms with Gasteiger partial charge in [0.2, 0.25) is 0 Å². The minimum atomic E-state index is -3.43. The number of nitro benzene ring substituents is 1. The number of hydrogen-bond donors (Lipinski definition) is 3. The van der Waals surface area contributed by atoms with Crippen LogP contribution in [0.5, 0.6) is 0 Å². The Kier molecular flexibility index (Phi) is 3.71. The van der Waals surface area contributed by atoms with Gasteiger partial charge >= 0.3 is 0 Å². The number of halogens is 1. The second-order valence-corrected chi connectivity index (χ2v) is 4.81. The van der Waals surface area contributed by atoms with Crippen molar-refractivity contribution in [1.82, 2.24) is 5.09 Å². The standard InChI is InChI=1S/C7H10FN4O3P/c8-7-3-6(12(13)14)2-1-5(7)4-11-16(9,10)15/h1-3H,4H2,(H5,9,10,11,15). The van der Waals surface area contributed by atoms with Gasteiger partial charge in [-0.3, -0.25) is 25.7 Å². The molecular weight excluding hydrogens is 238 g/mol. The molecular formula is C7H10FN4O3P. The van der Waals surface area contributed by atoms with E-state index in [9.17, 15) is 19.1 Å². The van der Waals surface area contributed by atoms with Crippen molar-refractivity contribution in [2.24, 2.45) is 11.0 Å². The van der Waals surface area contributed by atoms with Crippen LogP contribution in [-0.4, -0.2) is 4.92 Å². The van der Waals surface area contributed by atoms with E-state index in [4.69, 9.17) is 11.0 Å². The SMILES string of the molecule is NP(N)(=O)NCc1ccc([N+](=O)[O-])cc1F. The minimum absolute atomic E-state index is 0.0988. The Labute approximate surface area is 90.3 Å². The summed E-state index contributed by atoms with van der Waals surface area (Å²) in [6.07, 6.45) is 0. The van der Waals surface area contributed by atoms with Gasteiger partial charge in [0.05, 0.1) is 11.0 Å². The van der Waals surface area contributed by atoms with Crippen LogP contribution in [0.15, 0.2) is 18.2 Å². The highest BCUT2D eigenvalue weighted by molar-refractivity contribution is 7.56. The quantitative estimate of drug-likeness (QED) is 0.412. The largest absolute Gasteiger partial charge is 0.274 e. The molecule has 0 radical (unpaired) electrons. The van der Waals surface area contributed by atoms with Crippen LogP contribution in [0.3, 0.4) is 0 Å². The summed E-state index contributed by atoms with van der Waals surface area (Å²) in [6.45, 7) is -0.159. The van der Waals surface area contributed by atoms with E-state index >= 15 is 0 Å². The average molecular weight is 248 g/mol. The first kappa shape index (κ1) is 12.7. The zero-order valence-electron chi connectivity index (χ0n) is 8.09. The first-order chi connectivity index (χ1) is 7.29. The van der Waals surface area contributed by atoms with Gasteiger partial charge in [0.25, 0.3) is 13.3 Å². The lowest BCUT2D eigenvalue weighted by atomic mass is 10.2. The van der Waals surface area contributed by atoms with E-state index in [1.54, 1.807) is 0 Å². The number of non-ortho nitro benzene ring substituents is 1. The van der Waals surface area contributed by atoms with Gasteiger partial charge in [-0.2, -0.15) is 0 Å². The molecule has 0 aliphatic rings. The minimum Gasteiger partial charge on any atom is -0.271 e. The van der Waals surface area contributed by atoms with Crippen LogP contribution in [0, 0.1) is 15.9 Å². The fourth-order valence-corrected chi connectivity index (χ4v) is 1.42. The number of nitrogens with two attached hydrogens (primary N) is 2. The van der Waals surface area contributed by atoms with Crippen molar-refractivity contribution in [2.45, 2.75) is 6.54 Å². The maximum Gasteiger partial charge on any atom is 0.274 e. The van der Waals surface area contributed by atoms with Crippen LogP contribution in [0.1, 0.15) is 5.56 Å². The molecule has 0 heterocycles. The molecule has 1 aromatic carbocycles. The van der Waals surface area contributed by atoms with Crippen molar-refractivity contribution < 1.29 is 13.9 Å². The number of nitrogens with zero attached hydrogens (tertiary/aromatic N) is 1. The van der Waals surface area contributed by atoms with E-state index in [0.717, 1.165) is 12.1 Å². The van der Waals surface area contributed by atoms with E-state index in [2.05, 4.69) is 5.09 Å². The molecule has 0 aromatic heterocycles. The Hall–Kier alpha value is -1.34. The molecule has 0 unspecified atom stereocenters. The summed E-state index contributed by atoms with van der Waals surface area (Å²) in [6, 6.07) is 3.11. The van der Waals surface area contributed by atoms with Gasteiger partial charge < -0.3 is 0 Å². The zero-order valence-corrected chi connectivity index (χ0v) is 8.99. The van der Waals surface area contributed by atoms with E-state index in [1.165, 1.54) is 6.07 Å². The van der Waals surface area contributed by atoms with Gasteiger partial charge in [0.15, 0.2) is 0 Å². The van der Waals surface area contributed by atoms with E-state index < -0.39 is 18.3 Å². The lowest BCUT2D eigenvalue weighted by molar-refractivity contribution is -0.385. The van der Waals surface area contributed by atoms with Gasteiger partial charge in [0.1, 0.15) is 5.82 Å². The molecule has 0 spiro atoms. The molecule has 5 N–H and O–H groups in total. The highest BCUT2D eigenvalue weighted by Gasteiger charge is 2.13. The van der Waals surface area contributed by atoms with Gasteiger partial charge in [-0.25, -0.2) is 9.48 Å². The van der Waals surface area contributed by atoms with Crippen molar-refractivity contribution in [3.63, 3.8) is 0 Å². The molecule has 1 rings (SSSR count). The molecule has 7 nitrogen and oxygen atoms in total. The number of hydrogen-bond acceptors (Lipinski definition) is 3. The topological polar surface area (TPSA) is 124 Å². The molecule has 0 fully saturated rings. The molecule has 0 aliphatic carbocycles. The van der Waals surface area contributed by atoms with E-state index in [-0.39, 0.29) is 17.8 Å². The summed E-state index contributed by atoms with van der Waals surface area (Å²) in [5.41, 5.74) is 9.75. The Morgan fingerprint density at radius 3 is 2.56 bits per heavy atom. The third-order valence-electron chi connectivity index (χ3n) is 1.76. The molecule has 0 aliphatic heterocycles. The van der Waals surface area contributed by atoms with Crippen molar-refractivity contribution in [3.8, 4) is 0 Å². The van der Waals surface area contributed by atoms with Crippen LogP contribution < -0.4 is 16.1 Å². The highest BCUT2D eigenvalue weighted by Crippen LogP contribution is 2.21. The molecule has 88 valence electrons.